The van der Waals surface area contributed by atoms with Gasteiger partial charge >= 0.3 is 12.0 Å². The molecular formula is C20H18FN3O4. The molecule has 0 fully saturated rings. The van der Waals surface area contributed by atoms with Gasteiger partial charge in [0.25, 0.3) is 0 Å². The van der Waals surface area contributed by atoms with Gasteiger partial charge in [-0.25, -0.2) is 14.0 Å². The number of carbonyl (C=O) groups excluding carboxylic acids is 1. The summed E-state index contributed by atoms with van der Waals surface area (Å²) < 4.78 is 13.1. The number of amides is 2. The standard InChI is InChI=1S/C20H18FN3O4/c1-2-22-20(28)24-16-9-15(19(26)27)18(25)17-14(16)8-12(10-23-17)7-11-3-5-13(21)6-4-11/h3-6,8-10,25H,2,7H2,1H3,(H,26,27)(H2,22,24,28). The highest BCUT2D eigenvalue weighted by Gasteiger charge is 2.19. The average Bonchev–Trinajstić information content (AvgIpc) is 2.66. The van der Waals surface area contributed by atoms with Gasteiger partial charge in [0.15, 0.2) is 5.75 Å². The van der Waals surface area contributed by atoms with Crippen molar-refractivity contribution >= 4 is 28.6 Å². The lowest BCUT2D eigenvalue weighted by molar-refractivity contribution is 0.0694. The van der Waals surface area contributed by atoms with Gasteiger partial charge in [0.05, 0.1) is 5.69 Å². The third kappa shape index (κ3) is 4.01. The van der Waals surface area contributed by atoms with Crippen LogP contribution in [0.3, 0.4) is 0 Å². The van der Waals surface area contributed by atoms with E-state index in [0.29, 0.717) is 18.4 Å². The fraction of sp³-hybridized carbons (Fsp3) is 0.150. The van der Waals surface area contributed by atoms with Crippen LogP contribution in [0.5, 0.6) is 5.75 Å². The van der Waals surface area contributed by atoms with Gasteiger partial charge in [-0.15, -0.1) is 0 Å². The summed E-state index contributed by atoms with van der Waals surface area (Å²) in [7, 11) is 0. The summed E-state index contributed by atoms with van der Waals surface area (Å²) in [6.45, 7) is 2.14. The SMILES string of the molecule is CCNC(=O)Nc1cc(C(=O)O)c(O)c2ncc(Cc3ccc(F)cc3)cc12. The van der Waals surface area contributed by atoms with Crippen molar-refractivity contribution in [3.8, 4) is 5.75 Å². The van der Waals surface area contributed by atoms with Crippen molar-refractivity contribution in [1.29, 1.82) is 0 Å². The van der Waals surface area contributed by atoms with E-state index in [2.05, 4.69) is 15.6 Å². The molecule has 0 unspecified atom stereocenters. The van der Waals surface area contributed by atoms with E-state index >= 15 is 0 Å². The molecule has 0 radical (unpaired) electrons. The van der Waals surface area contributed by atoms with Gasteiger partial charge in [-0.1, -0.05) is 12.1 Å². The van der Waals surface area contributed by atoms with Crippen molar-refractivity contribution < 1.29 is 24.2 Å². The molecule has 0 bridgehead atoms. The lowest BCUT2D eigenvalue weighted by Crippen LogP contribution is -2.28. The number of aromatic hydroxyl groups is 1. The van der Waals surface area contributed by atoms with Gasteiger partial charge in [-0.05, 0) is 48.7 Å². The predicted octanol–water partition coefficient (Wildman–Crippen LogP) is 3.51. The normalized spacial score (nSPS) is 10.6. The van der Waals surface area contributed by atoms with Crippen LogP contribution in [0.4, 0.5) is 14.9 Å². The van der Waals surface area contributed by atoms with Crippen LogP contribution in [0.1, 0.15) is 28.4 Å². The van der Waals surface area contributed by atoms with Gasteiger partial charge in [0.2, 0.25) is 0 Å². The molecule has 8 heteroatoms. The second-order valence-corrected chi connectivity index (χ2v) is 6.15. The first-order chi connectivity index (χ1) is 13.4. The first-order valence-electron chi connectivity index (χ1n) is 8.56. The van der Waals surface area contributed by atoms with Gasteiger partial charge in [0.1, 0.15) is 16.9 Å². The summed E-state index contributed by atoms with van der Waals surface area (Å²) in [5.74, 6) is -2.15. The minimum atomic E-state index is -1.34. The van der Waals surface area contributed by atoms with E-state index in [-0.39, 0.29) is 22.6 Å². The van der Waals surface area contributed by atoms with E-state index in [1.165, 1.54) is 24.4 Å². The zero-order valence-electron chi connectivity index (χ0n) is 15.0. The Kier molecular flexibility index (Phi) is 5.39. The van der Waals surface area contributed by atoms with Gasteiger partial charge in [-0.3, -0.25) is 4.98 Å². The number of pyridine rings is 1. The first kappa shape index (κ1) is 19.1. The predicted molar refractivity (Wildman–Crippen MR) is 102 cm³/mol. The zero-order valence-corrected chi connectivity index (χ0v) is 15.0. The number of carboxylic acids is 1. The molecule has 1 heterocycles. The van der Waals surface area contributed by atoms with E-state index in [1.54, 1.807) is 25.1 Å². The van der Waals surface area contributed by atoms with E-state index in [1.807, 2.05) is 0 Å². The van der Waals surface area contributed by atoms with Crippen molar-refractivity contribution in [1.82, 2.24) is 10.3 Å². The number of aromatic nitrogens is 1. The molecule has 2 aromatic carbocycles. The molecule has 0 aliphatic carbocycles. The minimum absolute atomic E-state index is 0.0644. The van der Waals surface area contributed by atoms with E-state index in [4.69, 9.17) is 0 Å². The second kappa shape index (κ2) is 7.91. The number of benzene rings is 2. The van der Waals surface area contributed by atoms with Crippen molar-refractivity contribution in [3.05, 3.63) is 65.1 Å². The molecule has 28 heavy (non-hydrogen) atoms. The van der Waals surface area contributed by atoms with Gasteiger partial charge in [-0.2, -0.15) is 0 Å². The molecule has 2 amide bonds. The average molecular weight is 383 g/mol. The molecule has 7 nitrogen and oxygen atoms in total. The molecule has 4 N–H and O–H groups in total. The number of halogens is 1. The maximum Gasteiger partial charge on any atom is 0.339 e. The number of fused-ring (bicyclic) bond motifs is 1. The number of carboxylic acid groups (broad SMARTS) is 1. The van der Waals surface area contributed by atoms with Gasteiger partial charge < -0.3 is 20.8 Å². The molecule has 0 saturated heterocycles. The number of nitrogens with zero attached hydrogens (tertiary/aromatic N) is 1. The highest BCUT2D eigenvalue weighted by Crippen LogP contribution is 2.34. The Morgan fingerprint density at radius 3 is 2.50 bits per heavy atom. The van der Waals surface area contributed by atoms with Crippen LogP contribution in [-0.2, 0) is 6.42 Å². The molecular weight excluding hydrogens is 365 g/mol. The number of anilines is 1. The largest absolute Gasteiger partial charge is 0.505 e. The number of urea groups is 1. The number of hydrogen-bond donors (Lipinski definition) is 4. The quantitative estimate of drug-likeness (QED) is 0.504. The number of carbonyl (C=O) groups is 2. The summed E-state index contributed by atoms with van der Waals surface area (Å²) in [6, 6.07) is 8.41. The lowest BCUT2D eigenvalue weighted by Gasteiger charge is -2.13. The summed E-state index contributed by atoms with van der Waals surface area (Å²) in [5, 5.41) is 25.1. The van der Waals surface area contributed by atoms with Crippen LogP contribution >= 0.6 is 0 Å². The van der Waals surface area contributed by atoms with Crippen LogP contribution in [0.2, 0.25) is 0 Å². The summed E-state index contributed by atoms with van der Waals surface area (Å²) in [5.41, 5.74) is 1.52. The topological polar surface area (TPSA) is 112 Å². The molecule has 0 saturated carbocycles. The first-order valence-corrected chi connectivity index (χ1v) is 8.56. The van der Waals surface area contributed by atoms with Crippen molar-refractivity contribution in [2.24, 2.45) is 0 Å². The second-order valence-electron chi connectivity index (χ2n) is 6.15. The third-order valence-electron chi connectivity index (χ3n) is 4.14. The molecule has 1 aromatic heterocycles. The van der Waals surface area contributed by atoms with Crippen LogP contribution in [0.25, 0.3) is 10.9 Å². The fourth-order valence-electron chi connectivity index (χ4n) is 2.85. The number of rotatable bonds is 5. The lowest BCUT2D eigenvalue weighted by atomic mass is 10.0. The molecule has 0 aliphatic rings. The molecule has 3 rings (SSSR count). The Morgan fingerprint density at radius 1 is 1.14 bits per heavy atom. The maximum atomic E-state index is 13.1. The maximum absolute atomic E-state index is 13.1. The molecule has 0 spiro atoms. The van der Waals surface area contributed by atoms with Crippen LogP contribution in [-0.4, -0.2) is 33.7 Å². The van der Waals surface area contributed by atoms with Crippen molar-refractivity contribution in [3.63, 3.8) is 0 Å². The van der Waals surface area contributed by atoms with Crippen molar-refractivity contribution in [2.45, 2.75) is 13.3 Å². The molecule has 144 valence electrons. The number of hydrogen-bond acceptors (Lipinski definition) is 4. The van der Waals surface area contributed by atoms with E-state index < -0.39 is 17.7 Å². The highest BCUT2D eigenvalue weighted by molar-refractivity contribution is 6.08. The summed E-state index contributed by atoms with van der Waals surface area (Å²) >= 11 is 0. The smallest absolute Gasteiger partial charge is 0.339 e. The third-order valence-corrected chi connectivity index (χ3v) is 4.14. The Balaban J connectivity index is 2.08. The Bertz CT molecular complexity index is 1050. The molecule has 0 atom stereocenters. The number of nitrogens with one attached hydrogen (secondary N) is 2. The summed E-state index contributed by atoms with van der Waals surface area (Å²) in [6.07, 6.45) is 1.96. The monoisotopic (exact) mass is 383 g/mol. The van der Waals surface area contributed by atoms with E-state index in [9.17, 15) is 24.2 Å². The van der Waals surface area contributed by atoms with E-state index in [0.717, 1.165) is 11.1 Å². The zero-order chi connectivity index (χ0) is 20.3. The minimum Gasteiger partial charge on any atom is -0.505 e. The van der Waals surface area contributed by atoms with Crippen LogP contribution in [0, 0.1) is 5.82 Å². The van der Waals surface area contributed by atoms with Crippen molar-refractivity contribution in [2.75, 3.05) is 11.9 Å². The summed E-state index contributed by atoms with van der Waals surface area (Å²) in [4.78, 5) is 27.6. The number of aromatic carboxylic acids is 1. The van der Waals surface area contributed by atoms with Crippen LogP contribution in [0.15, 0.2) is 42.6 Å². The Hall–Kier alpha value is -3.68. The Labute approximate surface area is 159 Å². The highest BCUT2D eigenvalue weighted by atomic mass is 19.1. The molecule has 3 aromatic rings. The fourth-order valence-corrected chi connectivity index (χ4v) is 2.85. The molecule has 0 aliphatic heterocycles. The number of phenols is 1. The van der Waals surface area contributed by atoms with Gasteiger partial charge in [0, 0.05) is 18.1 Å². The Morgan fingerprint density at radius 2 is 1.86 bits per heavy atom. The van der Waals surface area contributed by atoms with Crippen LogP contribution < -0.4 is 10.6 Å².